The number of benzene rings is 3. The quantitative estimate of drug-likeness (QED) is 0.329. The van der Waals surface area contributed by atoms with Crippen LogP contribution in [-0.2, 0) is 0 Å². The summed E-state index contributed by atoms with van der Waals surface area (Å²) in [6.45, 7) is 4.11. The van der Waals surface area contributed by atoms with Crippen LogP contribution in [0.15, 0.2) is 60.7 Å². The highest BCUT2D eigenvalue weighted by Gasteiger charge is 2.20. The van der Waals surface area contributed by atoms with Gasteiger partial charge in [0.2, 0.25) is 16.7 Å². The summed E-state index contributed by atoms with van der Waals surface area (Å²) < 4.78 is 2.23. The Kier molecular flexibility index (Phi) is 3.01. The van der Waals surface area contributed by atoms with E-state index in [0.717, 1.165) is 39.0 Å². The summed E-state index contributed by atoms with van der Waals surface area (Å²) in [6.07, 6.45) is 0. The molecule has 0 aliphatic rings. The van der Waals surface area contributed by atoms with Crippen LogP contribution >= 0.6 is 0 Å². The molecule has 0 unspecified atom stereocenters. The first-order valence-electron chi connectivity index (χ1n) is 7.71. The fourth-order valence-electron chi connectivity index (χ4n) is 2.99. The average Bonchev–Trinajstić information content (AvgIpc) is 2.55. The van der Waals surface area contributed by atoms with E-state index < -0.39 is 0 Å². The second kappa shape index (κ2) is 5.06. The Labute approximate surface area is 135 Å². The van der Waals surface area contributed by atoms with Crippen LogP contribution in [-0.4, -0.2) is 4.98 Å². The van der Waals surface area contributed by atoms with Crippen LogP contribution in [0.5, 0.6) is 0 Å². The van der Waals surface area contributed by atoms with Crippen molar-refractivity contribution >= 4 is 27.8 Å². The first kappa shape index (κ1) is 13.7. The van der Waals surface area contributed by atoms with Crippen molar-refractivity contribution in [2.75, 3.05) is 5.73 Å². The largest absolute Gasteiger partial charge is 0.398 e. The molecule has 0 fully saturated rings. The van der Waals surface area contributed by atoms with Gasteiger partial charge in [-0.1, -0.05) is 24.3 Å². The minimum absolute atomic E-state index is 0.787. The number of para-hydroxylation sites is 1. The number of hydrogen-bond donors (Lipinski definition) is 1. The maximum atomic E-state index is 6.16. The molecule has 1 heterocycles. The molecule has 4 rings (SSSR count). The molecule has 0 atom stereocenters. The van der Waals surface area contributed by atoms with Gasteiger partial charge in [0.05, 0.1) is 0 Å². The molecule has 0 saturated carbocycles. The lowest BCUT2D eigenvalue weighted by Crippen LogP contribution is -2.33. The van der Waals surface area contributed by atoms with Gasteiger partial charge in [-0.25, -0.2) is 4.98 Å². The van der Waals surface area contributed by atoms with E-state index in [4.69, 9.17) is 10.7 Å². The molecule has 0 radical (unpaired) electrons. The van der Waals surface area contributed by atoms with E-state index in [2.05, 4.69) is 47.9 Å². The number of hydrogen-bond acceptors (Lipinski definition) is 2. The molecular formula is C20H18N3+. The van der Waals surface area contributed by atoms with E-state index in [-0.39, 0.29) is 0 Å². The molecular weight excluding hydrogens is 282 g/mol. The summed E-state index contributed by atoms with van der Waals surface area (Å²) in [5.41, 5.74) is 14.4. The second-order valence-electron chi connectivity index (χ2n) is 5.97. The van der Waals surface area contributed by atoms with Gasteiger partial charge >= 0.3 is 0 Å². The standard InChI is InChI=1S/C20H17N3/c1-13-8-9-19-17(10-13)22-18-11-14(2)16(21)12-20(18)23(19)15-6-4-3-5-7-15/h3-12,21H,1-2H3/p+1. The number of anilines is 1. The molecule has 3 aromatic carbocycles. The molecule has 23 heavy (non-hydrogen) atoms. The highest BCUT2D eigenvalue weighted by Crippen LogP contribution is 2.22. The van der Waals surface area contributed by atoms with Gasteiger partial charge < -0.3 is 5.73 Å². The third-order valence-electron chi connectivity index (χ3n) is 4.23. The van der Waals surface area contributed by atoms with E-state index in [0.29, 0.717) is 0 Å². The Bertz CT molecular complexity index is 1040. The number of fused-ring (bicyclic) bond motifs is 2. The van der Waals surface area contributed by atoms with Gasteiger partial charge in [0, 0.05) is 30.0 Å². The molecule has 0 saturated heterocycles. The Morgan fingerprint density at radius 2 is 1.57 bits per heavy atom. The zero-order chi connectivity index (χ0) is 16.0. The number of nitrogens with two attached hydrogens (primary N) is 1. The third-order valence-corrected chi connectivity index (χ3v) is 4.23. The van der Waals surface area contributed by atoms with Crippen molar-refractivity contribution in [1.82, 2.24) is 4.98 Å². The Hall–Kier alpha value is -2.94. The van der Waals surface area contributed by atoms with Gasteiger partial charge in [0.15, 0.2) is 0 Å². The van der Waals surface area contributed by atoms with Crippen molar-refractivity contribution in [1.29, 1.82) is 0 Å². The number of rotatable bonds is 1. The zero-order valence-electron chi connectivity index (χ0n) is 13.2. The zero-order valence-corrected chi connectivity index (χ0v) is 13.2. The second-order valence-corrected chi connectivity index (χ2v) is 5.97. The lowest BCUT2D eigenvalue weighted by atomic mass is 10.1. The molecule has 0 bridgehead atoms. The first-order valence-corrected chi connectivity index (χ1v) is 7.71. The fourth-order valence-corrected chi connectivity index (χ4v) is 2.99. The van der Waals surface area contributed by atoms with Crippen molar-refractivity contribution < 1.29 is 4.57 Å². The van der Waals surface area contributed by atoms with Crippen LogP contribution in [0.2, 0.25) is 0 Å². The topological polar surface area (TPSA) is 42.8 Å². The van der Waals surface area contributed by atoms with Crippen LogP contribution in [0.1, 0.15) is 11.1 Å². The van der Waals surface area contributed by atoms with E-state index >= 15 is 0 Å². The van der Waals surface area contributed by atoms with Crippen LogP contribution in [0.4, 0.5) is 5.69 Å². The molecule has 1 aromatic heterocycles. The van der Waals surface area contributed by atoms with Crippen LogP contribution in [0.25, 0.3) is 27.8 Å². The molecule has 3 nitrogen and oxygen atoms in total. The Balaban J connectivity index is 2.23. The molecule has 3 heteroatoms. The predicted molar refractivity (Wildman–Crippen MR) is 94.7 cm³/mol. The SMILES string of the molecule is Cc1ccc2c(c1)nc1cc(C)c(N)cc1[n+]2-c1ccccc1. The molecule has 0 amide bonds. The lowest BCUT2D eigenvalue weighted by molar-refractivity contribution is -0.538. The van der Waals surface area contributed by atoms with Gasteiger partial charge in [-0.2, -0.15) is 0 Å². The molecule has 4 aromatic rings. The number of aromatic nitrogens is 2. The molecule has 112 valence electrons. The van der Waals surface area contributed by atoms with Crippen LogP contribution in [0, 0.1) is 13.8 Å². The number of nitrogens with zero attached hydrogens (tertiary/aromatic N) is 2. The van der Waals surface area contributed by atoms with Crippen molar-refractivity contribution in [2.45, 2.75) is 13.8 Å². The summed E-state index contributed by atoms with van der Waals surface area (Å²) >= 11 is 0. The fraction of sp³-hybridized carbons (Fsp3) is 0.100. The smallest absolute Gasteiger partial charge is 0.239 e. The Morgan fingerprint density at radius 3 is 2.35 bits per heavy atom. The average molecular weight is 300 g/mol. The first-order chi connectivity index (χ1) is 11.1. The predicted octanol–water partition coefficient (Wildman–Crippen LogP) is 3.86. The van der Waals surface area contributed by atoms with E-state index in [1.54, 1.807) is 0 Å². The van der Waals surface area contributed by atoms with Crippen molar-refractivity contribution in [3.63, 3.8) is 0 Å². The highest BCUT2D eigenvalue weighted by molar-refractivity contribution is 5.85. The Morgan fingerprint density at radius 1 is 0.826 bits per heavy atom. The minimum atomic E-state index is 0.787. The van der Waals surface area contributed by atoms with Crippen molar-refractivity contribution in [2.24, 2.45) is 0 Å². The van der Waals surface area contributed by atoms with Gasteiger partial charge in [0.25, 0.3) is 0 Å². The third kappa shape index (κ3) is 2.21. The highest BCUT2D eigenvalue weighted by atomic mass is 15.0. The van der Waals surface area contributed by atoms with Gasteiger partial charge in [-0.15, -0.1) is 4.57 Å². The summed E-state index contributed by atoms with van der Waals surface area (Å²) in [6, 6.07) is 20.8. The van der Waals surface area contributed by atoms with Gasteiger partial charge in [0.1, 0.15) is 11.0 Å². The normalized spacial score (nSPS) is 11.2. The van der Waals surface area contributed by atoms with Crippen LogP contribution in [0.3, 0.4) is 0 Å². The summed E-state index contributed by atoms with van der Waals surface area (Å²) in [5.74, 6) is 0. The van der Waals surface area contributed by atoms with E-state index in [1.165, 1.54) is 5.56 Å². The number of nitrogen functional groups attached to an aromatic ring is 1. The molecule has 0 aliphatic heterocycles. The van der Waals surface area contributed by atoms with E-state index in [1.807, 2.05) is 31.2 Å². The molecule has 2 N–H and O–H groups in total. The van der Waals surface area contributed by atoms with E-state index in [9.17, 15) is 0 Å². The minimum Gasteiger partial charge on any atom is -0.398 e. The van der Waals surface area contributed by atoms with Crippen LogP contribution < -0.4 is 10.3 Å². The van der Waals surface area contributed by atoms with Gasteiger partial charge in [-0.3, -0.25) is 0 Å². The summed E-state index contributed by atoms with van der Waals surface area (Å²) in [7, 11) is 0. The number of aryl methyl sites for hydroxylation is 2. The lowest BCUT2D eigenvalue weighted by Gasteiger charge is -2.07. The molecule has 0 spiro atoms. The van der Waals surface area contributed by atoms with Gasteiger partial charge in [-0.05, 0) is 37.1 Å². The summed E-state index contributed by atoms with van der Waals surface area (Å²) in [5, 5.41) is 0. The maximum absolute atomic E-state index is 6.16. The maximum Gasteiger partial charge on any atom is 0.239 e. The summed E-state index contributed by atoms with van der Waals surface area (Å²) in [4.78, 5) is 4.85. The van der Waals surface area contributed by atoms with Crippen molar-refractivity contribution in [3.8, 4) is 5.69 Å². The van der Waals surface area contributed by atoms with Crippen molar-refractivity contribution in [3.05, 3.63) is 71.8 Å². The monoisotopic (exact) mass is 300 g/mol. The molecule has 0 aliphatic carbocycles.